The fourth-order valence-corrected chi connectivity index (χ4v) is 4.85. The molecule has 1 N–H and O–H groups in total. The van der Waals surface area contributed by atoms with Gasteiger partial charge in [-0.15, -0.1) is 0 Å². The molecule has 0 bridgehead atoms. The van der Waals surface area contributed by atoms with Crippen molar-refractivity contribution in [3.63, 3.8) is 0 Å². The molecule has 1 saturated heterocycles. The lowest BCUT2D eigenvalue weighted by Crippen LogP contribution is -2.44. The van der Waals surface area contributed by atoms with Gasteiger partial charge in [-0.25, -0.2) is 4.98 Å². The Morgan fingerprint density at radius 2 is 1.85 bits per heavy atom. The Kier molecular flexibility index (Phi) is 7.28. The van der Waals surface area contributed by atoms with E-state index in [2.05, 4.69) is 16.4 Å². The molecule has 2 amide bonds. The Hall–Kier alpha value is -3.34. The number of hydrogen-bond donors (Lipinski definition) is 1. The number of hydrogen-bond acceptors (Lipinski definition) is 5. The maximum Gasteiger partial charge on any atom is 0.255 e. The normalized spacial score (nSPS) is 15.5. The molecule has 0 spiro atoms. The first kappa shape index (κ1) is 22.8. The number of carbonyl (C=O) groups is 2. The second kappa shape index (κ2) is 10.5. The van der Waals surface area contributed by atoms with Crippen LogP contribution in [0.2, 0.25) is 5.02 Å². The Morgan fingerprint density at radius 3 is 2.61 bits per heavy atom. The number of aromatic nitrogens is 1. The van der Waals surface area contributed by atoms with Crippen molar-refractivity contribution in [1.82, 2.24) is 9.88 Å². The van der Waals surface area contributed by atoms with Crippen LogP contribution in [0.25, 0.3) is 0 Å². The molecule has 1 unspecified atom stereocenters. The topological polar surface area (TPSA) is 86.1 Å². The molecule has 166 valence electrons. The lowest BCUT2D eigenvalue weighted by molar-refractivity contribution is -0.121. The highest BCUT2D eigenvalue weighted by molar-refractivity contribution is 7.99. The molecular formula is C25H21ClN4O2S. The molecule has 1 atom stereocenters. The molecule has 1 aromatic heterocycles. The van der Waals surface area contributed by atoms with Gasteiger partial charge >= 0.3 is 0 Å². The summed E-state index contributed by atoms with van der Waals surface area (Å²) < 4.78 is 0. The lowest BCUT2D eigenvalue weighted by Gasteiger charge is -2.32. The zero-order valence-electron chi connectivity index (χ0n) is 17.7. The number of piperidine rings is 1. The van der Waals surface area contributed by atoms with Crippen LogP contribution in [0, 0.1) is 17.2 Å². The summed E-state index contributed by atoms with van der Waals surface area (Å²) in [7, 11) is 0. The van der Waals surface area contributed by atoms with Crippen molar-refractivity contribution in [3.8, 4) is 6.07 Å². The zero-order valence-corrected chi connectivity index (χ0v) is 19.3. The van der Waals surface area contributed by atoms with Crippen molar-refractivity contribution in [2.45, 2.75) is 22.6 Å². The third-order valence-electron chi connectivity index (χ3n) is 5.40. The molecule has 6 nitrogen and oxygen atoms in total. The van der Waals surface area contributed by atoms with Gasteiger partial charge in [0.05, 0.1) is 22.1 Å². The molecule has 3 aromatic rings. The Bertz CT molecular complexity index is 1210. The number of amides is 2. The van der Waals surface area contributed by atoms with Crippen LogP contribution in [0.15, 0.2) is 76.7 Å². The summed E-state index contributed by atoms with van der Waals surface area (Å²) >= 11 is 7.25. The number of nitrogens with one attached hydrogen (secondary N) is 1. The summed E-state index contributed by atoms with van der Waals surface area (Å²) in [5.41, 5.74) is 1.13. The quantitative estimate of drug-likeness (QED) is 0.543. The van der Waals surface area contributed by atoms with E-state index >= 15 is 0 Å². The summed E-state index contributed by atoms with van der Waals surface area (Å²) in [5.74, 6) is -0.160. The molecule has 0 radical (unpaired) electrons. The van der Waals surface area contributed by atoms with Crippen molar-refractivity contribution < 1.29 is 9.59 Å². The van der Waals surface area contributed by atoms with Gasteiger partial charge in [-0.05, 0) is 49.2 Å². The highest BCUT2D eigenvalue weighted by Crippen LogP contribution is 2.33. The van der Waals surface area contributed by atoms with Crippen LogP contribution >= 0.6 is 23.4 Å². The lowest BCUT2D eigenvalue weighted by atomic mass is 9.96. The summed E-state index contributed by atoms with van der Waals surface area (Å²) in [6.07, 6.45) is 2.92. The largest absolute Gasteiger partial charge is 0.338 e. The molecule has 33 heavy (non-hydrogen) atoms. The van der Waals surface area contributed by atoms with Gasteiger partial charge in [0.1, 0.15) is 11.9 Å². The zero-order chi connectivity index (χ0) is 23.2. The molecule has 1 aliphatic rings. The predicted octanol–water partition coefficient (Wildman–Crippen LogP) is 5.25. The maximum atomic E-state index is 13.4. The van der Waals surface area contributed by atoms with E-state index in [0.717, 1.165) is 16.2 Å². The summed E-state index contributed by atoms with van der Waals surface area (Å²) in [6, 6.07) is 20.2. The summed E-state index contributed by atoms with van der Waals surface area (Å²) in [5, 5.41) is 12.7. The minimum Gasteiger partial charge on any atom is -0.338 e. The molecule has 0 saturated carbocycles. The van der Waals surface area contributed by atoms with Gasteiger partial charge in [0.25, 0.3) is 5.91 Å². The van der Waals surface area contributed by atoms with E-state index in [-0.39, 0.29) is 17.7 Å². The Balaban J connectivity index is 1.48. The fourth-order valence-electron chi connectivity index (χ4n) is 3.72. The molecule has 8 heteroatoms. The average molecular weight is 477 g/mol. The van der Waals surface area contributed by atoms with Crippen LogP contribution in [0.5, 0.6) is 0 Å². The molecule has 1 fully saturated rings. The summed E-state index contributed by atoms with van der Waals surface area (Å²) in [6.45, 7) is 0.932. The Labute approximate surface area is 201 Å². The number of anilines is 1. The SMILES string of the molecule is N#Cc1ccccc1Sc1ccccc1C(=O)N1CCCC(C(=O)Nc2ccc(Cl)cn2)C1. The predicted molar refractivity (Wildman–Crippen MR) is 128 cm³/mol. The highest BCUT2D eigenvalue weighted by atomic mass is 35.5. The minimum atomic E-state index is -0.320. The van der Waals surface area contributed by atoms with Crippen molar-refractivity contribution in [3.05, 3.63) is 83.0 Å². The first-order valence-electron chi connectivity index (χ1n) is 10.5. The molecule has 2 heterocycles. The average Bonchev–Trinajstić information content (AvgIpc) is 2.86. The van der Waals surface area contributed by atoms with Crippen LogP contribution in [-0.2, 0) is 4.79 Å². The monoisotopic (exact) mass is 476 g/mol. The van der Waals surface area contributed by atoms with Crippen LogP contribution in [0.4, 0.5) is 5.82 Å². The number of likely N-dealkylation sites (tertiary alicyclic amines) is 1. The molecule has 4 rings (SSSR count). The van der Waals surface area contributed by atoms with Gasteiger partial charge in [0, 0.05) is 29.1 Å². The number of nitrogens with zero attached hydrogens (tertiary/aromatic N) is 3. The van der Waals surface area contributed by atoms with Crippen molar-refractivity contribution >= 4 is 41.0 Å². The van der Waals surface area contributed by atoms with Crippen molar-refractivity contribution in [2.24, 2.45) is 5.92 Å². The molecule has 0 aliphatic carbocycles. The van der Waals surface area contributed by atoms with E-state index in [4.69, 9.17) is 11.6 Å². The van der Waals surface area contributed by atoms with Gasteiger partial charge in [0.15, 0.2) is 0 Å². The minimum absolute atomic E-state index is 0.116. The fraction of sp³-hybridized carbons (Fsp3) is 0.200. The summed E-state index contributed by atoms with van der Waals surface area (Å²) in [4.78, 5) is 33.6. The number of pyridine rings is 1. The van der Waals surface area contributed by atoms with E-state index in [0.29, 0.717) is 41.5 Å². The smallest absolute Gasteiger partial charge is 0.255 e. The second-order valence-electron chi connectivity index (χ2n) is 7.65. The number of rotatable bonds is 5. The first-order valence-corrected chi connectivity index (χ1v) is 11.7. The van der Waals surface area contributed by atoms with E-state index in [9.17, 15) is 14.9 Å². The van der Waals surface area contributed by atoms with Crippen LogP contribution < -0.4 is 5.32 Å². The highest BCUT2D eigenvalue weighted by Gasteiger charge is 2.30. The van der Waals surface area contributed by atoms with Gasteiger partial charge < -0.3 is 10.2 Å². The molecule has 2 aromatic carbocycles. The van der Waals surface area contributed by atoms with Crippen LogP contribution in [-0.4, -0.2) is 34.8 Å². The van der Waals surface area contributed by atoms with Gasteiger partial charge in [0.2, 0.25) is 5.91 Å². The van der Waals surface area contributed by atoms with Gasteiger partial charge in [-0.1, -0.05) is 47.6 Å². The molecular weight excluding hydrogens is 456 g/mol. The number of carbonyl (C=O) groups excluding carboxylic acids is 2. The van der Waals surface area contributed by atoms with E-state index in [1.165, 1.54) is 18.0 Å². The first-order chi connectivity index (χ1) is 16.0. The van der Waals surface area contributed by atoms with Crippen LogP contribution in [0.3, 0.4) is 0 Å². The second-order valence-corrected chi connectivity index (χ2v) is 9.17. The van der Waals surface area contributed by atoms with Crippen molar-refractivity contribution in [1.29, 1.82) is 5.26 Å². The van der Waals surface area contributed by atoms with E-state index < -0.39 is 0 Å². The Morgan fingerprint density at radius 1 is 1.09 bits per heavy atom. The van der Waals surface area contributed by atoms with E-state index in [1.807, 2.05) is 36.4 Å². The van der Waals surface area contributed by atoms with Crippen LogP contribution in [0.1, 0.15) is 28.8 Å². The maximum absolute atomic E-state index is 13.4. The number of benzene rings is 2. The molecule has 1 aliphatic heterocycles. The number of nitriles is 1. The third kappa shape index (κ3) is 5.54. The van der Waals surface area contributed by atoms with Crippen molar-refractivity contribution in [2.75, 3.05) is 18.4 Å². The van der Waals surface area contributed by atoms with Gasteiger partial charge in [-0.3, -0.25) is 9.59 Å². The standard InChI is InChI=1S/C25H21ClN4O2S/c26-19-11-12-23(28-15-19)29-24(31)18-7-5-13-30(16-18)25(32)20-8-2-4-10-22(20)33-21-9-3-1-6-17(21)14-27/h1-4,6,8-12,15,18H,5,7,13,16H2,(H,28,29,31). The van der Waals surface area contributed by atoms with E-state index in [1.54, 1.807) is 29.2 Å². The number of halogens is 1. The third-order valence-corrected chi connectivity index (χ3v) is 6.78. The van der Waals surface area contributed by atoms with Gasteiger partial charge in [-0.2, -0.15) is 5.26 Å².